The number of carbonyl (C=O) groups excluding carboxylic acids is 2. The summed E-state index contributed by atoms with van der Waals surface area (Å²) >= 11 is 0. The third kappa shape index (κ3) is 4.31. The molecule has 0 aliphatic rings. The summed E-state index contributed by atoms with van der Waals surface area (Å²) in [5, 5.41) is 0. The van der Waals surface area contributed by atoms with Crippen molar-refractivity contribution in [2.75, 3.05) is 41.3 Å². The van der Waals surface area contributed by atoms with Crippen molar-refractivity contribution >= 4 is 11.7 Å². The van der Waals surface area contributed by atoms with Gasteiger partial charge in [-0.15, -0.1) is 0 Å². The summed E-state index contributed by atoms with van der Waals surface area (Å²) < 4.78 is 18.3. The predicted molar refractivity (Wildman–Crippen MR) is 73.5 cm³/mol. The van der Waals surface area contributed by atoms with Crippen molar-refractivity contribution < 1.29 is 18.7 Å². The molecule has 1 amide bonds. The van der Waals surface area contributed by atoms with Gasteiger partial charge >= 0.3 is 0 Å². The molecule has 0 aliphatic heterocycles. The zero-order chi connectivity index (χ0) is 15.3. The van der Waals surface area contributed by atoms with E-state index in [1.165, 1.54) is 24.1 Å². The first-order valence-corrected chi connectivity index (χ1v) is 6.10. The number of amides is 1. The second-order valence-electron chi connectivity index (χ2n) is 4.73. The van der Waals surface area contributed by atoms with Gasteiger partial charge in [-0.1, -0.05) is 0 Å². The molecule has 110 valence electrons. The number of methoxy groups -OCH3 is 1. The highest BCUT2D eigenvalue weighted by Gasteiger charge is 2.15. The van der Waals surface area contributed by atoms with E-state index in [-0.39, 0.29) is 36.1 Å². The van der Waals surface area contributed by atoms with Crippen molar-refractivity contribution in [1.29, 1.82) is 0 Å². The summed E-state index contributed by atoms with van der Waals surface area (Å²) in [7, 11) is 6.33. The number of nitrogens with zero attached hydrogens (tertiary/aromatic N) is 2. The lowest BCUT2D eigenvalue weighted by molar-refractivity contribution is -0.129. The van der Waals surface area contributed by atoms with Crippen LogP contribution in [0.2, 0.25) is 0 Å². The Bertz CT molecular complexity index is 503. The number of likely N-dealkylation sites (N-methyl/N-ethyl adjacent to an activating group) is 2. The maximum Gasteiger partial charge on any atom is 0.236 e. The van der Waals surface area contributed by atoms with Crippen LogP contribution in [0, 0.1) is 5.82 Å². The highest BCUT2D eigenvalue weighted by atomic mass is 19.1. The SMILES string of the molecule is COc1ccc(C(=O)CN(C)CC(=O)N(C)C)cc1F. The number of rotatable bonds is 6. The lowest BCUT2D eigenvalue weighted by Crippen LogP contribution is -2.37. The van der Waals surface area contributed by atoms with Crippen LogP contribution in [0.1, 0.15) is 10.4 Å². The van der Waals surface area contributed by atoms with Gasteiger partial charge in [0.25, 0.3) is 0 Å². The average Bonchev–Trinajstić information content (AvgIpc) is 2.38. The van der Waals surface area contributed by atoms with Gasteiger partial charge in [-0.25, -0.2) is 4.39 Å². The van der Waals surface area contributed by atoms with E-state index in [2.05, 4.69) is 0 Å². The molecule has 1 aromatic rings. The zero-order valence-corrected chi connectivity index (χ0v) is 12.1. The first kappa shape index (κ1) is 16.1. The summed E-state index contributed by atoms with van der Waals surface area (Å²) in [5.41, 5.74) is 0.257. The van der Waals surface area contributed by atoms with Crippen molar-refractivity contribution in [3.05, 3.63) is 29.6 Å². The Kier molecular flexibility index (Phi) is 5.64. The molecule has 0 saturated carbocycles. The number of ether oxygens (including phenoxy) is 1. The van der Waals surface area contributed by atoms with E-state index in [1.54, 1.807) is 26.0 Å². The number of halogens is 1. The van der Waals surface area contributed by atoms with Crippen molar-refractivity contribution in [3.63, 3.8) is 0 Å². The molecule has 0 N–H and O–H groups in total. The third-order valence-electron chi connectivity index (χ3n) is 2.79. The number of benzene rings is 1. The van der Waals surface area contributed by atoms with Crippen molar-refractivity contribution in [1.82, 2.24) is 9.80 Å². The average molecular weight is 282 g/mol. The molecular weight excluding hydrogens is 263 g/mol. The second kappa shape index (κ2) is 7.00. The van der Waals surface area contributed by atoms with Gasteiger partial charge in [0, 0.05) is 19.7 Å². The van der Waals surface area contributed by atoms with Gasteiger partial charge < -0.3 is 9.64 Å². The molecule has 0 heterocycles. The molecule has 20 heavy (non-hydrogen) atoms. The van der Waals surface area contributed by atoms with Crippen LogP contribution in [-0.4, -0.2) is 62.8 Å². The fraction of sp³-hybridized carbons (Fsp3) is 0.429. The summed E-state index contributed by atoms with van der Waals surface area (Å²) in [6.07, 6.45) is 0. The second-order valence-corrected chi connectivity index (χ2v) is 4.73. The van der Waals surface area contributed by atoms with Gasteiger partial charge in [-0.2, -0.15) is 0 Å². The first-order valence-electron chi connectivity index (χ1n) is 6.10. The monoisotopic (exact) mass is 282 g/mol. The molecule has 0 atom stereocenters. The van der Waals surface area contributed by atoms with Gasteiger partial charge in [-0.3, -0.25) is 14.5 Å². The molecule has 1 aromatic carbocycles. The quantitative estimate of drug-likeness (QED) is 0.731. The van der Waals surface area contributed by atoms with Gasteiger partial charge in [0.2, 0.25) is 5.91 Å². The van der Waals surface area contributed by atoms with E-state index in [9.17, 15) is 14.0 Å². The number of ketones is 1. The van der Waals surface area contributed by atoms with Gasteiger partial charge in [0.05, 0.1) is 20.2 Å². The molecule has 0 aliphatic carbocycles. The van der Waals surface area contributed by atoms with Crippen LogP contribution in [-0.2, 0) is 4.79 Å². The van der Waals surface area contributed by atoms with E-state index in [4.69, 9.17) is 4.74 Å². The molecule has 0 spiro atoms. The maximum absolute atomic E-state index is 13.5. The Labute approximate surface area is 117 Å². The lowest BCUT2D eigenvalue weighted by Gasteiger charge is -2.18. The normalized spacial score (nSPS) is 10.5. The lowest BCUT2D eigenvalue weighted by atomic mass is 10.1. The number of Topliss-reactive ketones (excluding diaryl/α,β-unsaturated/α-hetero) is 1. The van der Waals surface area contributed by atoms with Crippen LogP contribution in [0.5, 0.6) is 5.75 Å². The Morgan fingerprint density at radius 2 is 1.85 bits per heavy atom. The van der Waals surface area contributed by atoms with Crippen LogP contribution >= 0.6 is 0 Å². The van der Waals surface area contributed by atoms with Gasteiger partial charge in [0.1, 0.15) is 0 Å². The van der Waals surface area contributed by atoms with Crippen molar-refractivity contribution in [2.24, 2.45) is 0 Å². The van der Waals surface area contributed by atoms with Crippen LogP contribution in [0.4, 0.5) is 4.39 Å². The molecule has 6 heteroatoms. The third-order valence-corrected chi connectivity index (χ3v) is 2.79. The molecule has 0 saturated heterocycles. The van der Waals surface area contributed by atoms with E-state index in [0.29, 0.717) is 0 Å². The topological polar surface area (TPSA) is 49.9 Å². The minimum Gasteiger partial charge on any atom is -0.494 e. The van der Waals surface area contributed by atoms with Crippen molar-refractivity contribution in [3.8, 4) is 5.75 Å². The molecule has 1 rings (SSSR count). The minimum absolute atomic E-state index is 0.0470. The van der Waals surface area contributed by atoms with Crippen LogP contribution in [0.25, 0.3) is 0 Å². The summed E-state index contributed by atoms with van der Waals surface area (Å²) in [6, 6.07) is 4.06. The number of carbonyl (C=O) groups is 2. The standard InChI is InChI=1S/C14H19FN2O3/c1-16(2)14(19)9-17(3)8-12(18)10-5-6-13(20-4)11(15)7-10/h5-7H,8-9H2,1-4H3. The molecular formula is C14H19FN2O3. The van der Waals surface area contributed by atoms with Crippen LogP contribution < -0.4 is 4.74 Å². The Hall–Kier alpha value is -1.95. The first-order chi connectivity index (χ1) is 9.35. The number of hydrogen-bond donors (Lipinski definition) is 0. The highest BCUT2D eigenvalue weighted by molar-refractivity contribution is 5.98. The minimum atomic E-state index is -0.578. The van der Waals surface area contributed by atoms with E-state index >= 15 is 0 Å². The van der Waals surface area contributed by atoms with Crippen molar-refractivity contribution in [2.45, 2.75) is 0 Å². The molecule has 0 fully saturated rings. The molecule has 0 unspecified atom stereocenters. The van der Waals surface area contributed by atoms with E-state index < -0.39 is 5.82 Å². The summed E-state index contributed by atoms with van der Waals surface area (Å²) in [5.74, 6) is -0.829. The molecule has 0 aromatic heterocycles. The number of hydrogen-bond acceptors (Lipinski definition) is 4. The Morgan fingerprint density at radius 3 is 2.35 bits per heavy atom. The summed E-state index contributed by atoms with van der Waals surface area (Å²) in [6.45, 7) is 0.183. The van der Waals surface area contributed by atoms with Gasteiger partial charge in [-0.05, 0) is 25.2 Å². The predicted octanol–water partition coefficient (Wildman–Crippen LogP) is 1.04. The largest absolute Gasteiger partial charge is 0.494 e. The highest BCUT2D eigenvalue weighted by Crippen LogP contribution is 2.18. The van der Waals surface area contributed by atoms with Crippen LogP contribution in [0.15, 0.2) is 18.2 Å². The maximum atomic E-state index is 13.5. The van der Waals surface area contributed by atoms with Crippen LogP contribution in [0.3, 0.4) is 0 Å². The molecule has 0 bridgehead atoms. The van der Waals surface area contributed by atoms with E-state index in [0.717, 1.165) is 6.07 Å². The fourth-order valence-corrected chi connectivity index (χ4v) is 1.60. The fourth-order valence-electron chi connectivity index (χ4n) is 1.60. The Morgan fingerprint density at radius 1 is 1.20 bits per heavy atom. The van der Waals surface area contributed by atoms with E-state index in [1.807, 2.05) is 0 Å². The smallest absolute Gasteiger partial charge is 0.236 e. The Balaban J connectivity index is 2.67. The summed E-state index contributed by atoms with van der Waals surface area (Å²) in [4.78, 5) is 26.5. The zero-order valence-electron chi connectivity index (χ0n) is 12.1. The molecule has 5 nitrogen and oxygen atoms in total. The van der Waals surface area contributed by atoms with Gasteiger partial charge in [0.15, 0.2) is 17.3 Å². The molecule has 0 radical (unpaired) electrons.